The van der Waals surface area contributed by atoms with Gasteiger partial charge in [0.15, 0.2) is 0 Å². The van der Waals surface area contributed by atoms with Gasteiger partial charge in [-0.3, -0.25) is 4.79 Å². The van der Waals surface area contributed by atoms with Gasteiger partial charge in [-0.1, -0.05) is 41.9 Å². The molecule has 5 nitrogen and oxygen atoms in total. The number of amides is 1. The summed E-state index contributed by atoms with van der Waals surface area (Å²) in [5.74, 6) is -0.128. The van der Waals surface area contributed by atoms with Crippen molar-refractivity contribution in [1.29, 1.82) is 0 Å². The highest BCUT2D eigenvalue weighted by molar-refractivity contribution is 7.13. The molecule has 2 aromatic carbocycles. The summed E-state index contributed by atoms with van der Waals surface area (Å²) < 4.78 is 1.80. The Kier molecular flexibility index (Phi) is 5.23. The van der Waals surface area contributed by atoms with Crippen molar-refractivity contribution in [2.45, 2.75) is 6.54 Å². The van der Waals surface area contributed by atoms with Crippen molar-refractivity contribution in [1.82, 2.24) is 19.7 Å². The van der Waals surface area contributed by atoms with Gasteiger partial charge in [0.2, 0.25) is 0 Å². The largest absolute Gasteiger partial charge is 0.336 e. The van der Waals surface area contributed by atoms with Gasteiger partial charge in [-0.05, 0) is 24.3 Å². The van der Waals surface area contributed by atoms with Gasteiger partial charge >= 0.3 is 0 Å². The van der Waals surface area contributed by atoms with E-state index in [4.69, 9.17) is 11.6 Å². The zero-order valence-corrected chi connectivity index (χ0v) is 16.7. The molecule has 2 heterocycles. The van der Waals surface area contributed by atoms with Gasteiger partial charge in [0, 0.05) is 41.3 Å². The molecule has 0 aliphatic carbocycles. The summed E-state index contributed by atoms with van der Waals surface area (Å²) in [6.07, 6.45) is 3.70. The molecule has 7 heteroatoms. The predicted octanol–water partition coefficient (Wildman–Crippen LogP) is 4.92. The Morgan fingerprint density at radius 2 is 2.00 bits per heavy atom. The Labute approximate surface area is 171 Å². The van der Waals surface area contributed by atoms with E-state index >= 15 is 0 Å². The standard InChI is InChI=1S/C21H17ClN4OS/c1-25(12-15-11-23-26(13-15)18-8-3-2-4-9-18)21(27)19-14-28-20(24-19)16-6-5-7-17(22)10-16/h2-11,13-14H,12H2,1H3. The highest BCUT2D eigenvalue weighted by atomic mass is 35.5. The van der Waals surface area contributed by atoms with Gasteiger partial charge in [-0.15, -0.1) is 11.3 Å². The van der Waals surface area contributed by atoms with Gasteiger partial charge in [-0.2, -0.15) is 5.10 Å². The molecule has 0 saturated heterocycles. The molecule has 0 aliphatic rings. The number of thiazole rings is 1. The maximum atomic E-state index is 12.8. The van der Waals surface area contributed by atoms with Crippen molar-refractivity contribution in [3.8, 4) is 16.3 Å². The number of hydrogen-bond donors (Lipinski definition) is 0. The third-order valence-electron chi connectivity index (χ3n) is 4.22. The van der Waals surface area contributed by atoms with Crippen molar-refractivity contribution in [3.63, 3.8) is 0 Å². The second kappa shape index (κ2) is 7.96. The topological polar surface area (TPSA) is 51.0 Å². The number of hydrogen-bond acceptors (Lipinski definition) is 4. The zero-order valence-electron chi connectivity index (χ0n) is 15.1. The van der Waals surface area contributed by atoms with Crippen LogP contribution in [0.25, 0.3) is 16.3 Å². The van der Waals surface area contributed by atoms with Crippen LogP contribution in [0.5, 0.6) is 0 Å². The second-order valence-electron chi connectivity index (χ2n) is 6.34. The van der Waals surface area contributed by atoms with Crippen molar-refractivity contribution < 1.29 is 4.79 Å². The fourth-order valence-electron chi connectivity index (χ4n) is 2.83. The molecule has 140 valence electrons. The number of nitrogens with zero attached hydrogens (tertiary/aromatic N) is 4. The molecule has 1 amide bonds. The summed E-state index contributed by atoms with van der Waals surface area (Å²) in [5, 5.41) is 7.58. The van der Waals surface area contributed by atoms with E-state index in [2.05, 4.69) is 10.1 Å². The molecule has 0 spiro atoms. The lowest BCUT2D eigenvalue weighted by Gasteiger charge is -2.14. The van der Waals surface area contributed by atoms with Crippen LogP contribution in [0.1, 0.15) is 16.1 Å². The predicted molar refractivity (Wildman–Crippen MR) is 112 cm³/mol. The fraction of sp³-hybridized carbons (Fsp3) is 0.0952. The third-order valence-corrected chi connectivity index (χ3v) is 5.34. The van der Waals surface area contributed by atoms with E-state index in [0.717, 1.165) is 21.8 Å². The van der Waals surface area contributed by atoms with E-state index in [1.165, 1.54) is 11.3 Å². The van der Waals surface area contributed by atoms with Crippen LogP contribution in [0.4, 0.5) is 0 Å². The van der Waals surface area contributed by atoms with E-state index in [0.29, 0.717) is 17.3 Å². The highest BCUT2D eigenvalue weighted by Gasteiger charge is 2.17. The van der Waals surface area contributed by atoms with Crippen LogP contribution in [0.2, 0.25) is 5.02 Å². The fourth-order valence-corrected chi connectivity index (χ4v) is 3.81. The quantitative estimate of drug-likeness (QED) is 0.471. The summed E-state index contributed by atoms with van der Waals surface area (Å²) in [6.45, 7) is 0.454. The first-order chi connectivity index (χ1) is 13.6. The zero-order chi connectivity index (χ0) is 19.5. The van der Waals surface area contributed by atoms with E-state index in [9.17, 15) is 4.79 Å². The average Bonchev–Trinajstić information content (AvgIpc) is 3.38. The number of carbonyl (C=O) groups is 1. The molecule has 28 heavy (non-hydrogen) atoms. The molecule has 0 saturated carbocycles. The van der Waals surface area contributed by atoms with Crippen molar-refractivity contribution in [2.75, 3.05) is 7.05 Å². The minimum atomic E-state index is -0.128. The van der Waals surface area contributed by atoms with Gasteiger partial charge in [0.05, 0.1) is 11.9 Å². The maximum absolute atomic E-state index is 12.8. The van der Waals surface area contributed by atoms with Gasteiger partial charge < -0.3 is 4.90 Å². The summed E-state index contributed by atoms with van der Waals surface area (Å²) >= 11 is 7.48. The first-order valence-corrected chi connectivity index (χ1v) is 9.92. The van der Waals surface area contributed by atoms with Crippen LogP contribution in [0.3, 0.4) is 0 Å². The molecule has 0 fully saturated rings. The van der Waals surface area contributed by atoms with Crippen LogP contribution < -0.4 is 0 Å². The monoisotopic (exact) mass is 408 g/mol. The van der Waals surface area contributed by atoms with E-state index < -0.39 is 0 Å². The molecule has 0 bridgehead atoms. The number of aromatic nitrogens is 3. The first kappa shape index (κ1) is 18.4. The summed E-state index contributed by atoms with van der Waals surface area (Å²) in [6, 6.07) is 17.3. The van der Waals surface area contributed by atoms with Crippen LogP contribution in [0, 0.1) is 0 Å². The van der Waals surface area contributed by atoms with Crippen LogP contribution in [-0.2, 0) is 6.54 Å². The molecule has 0 radical (unpaired) electrons. The lowest BCUT2D eigenvalue weighted by molar-refractivity contribution is 0.0780. The van der Waals surface area contributed by atoms with Crippen molar-refractivity contribution in [2.24, 2.45) is 0 Å². The molecule has 4 aromatic rings. The average molecular weight is 409 g/mol. The van der Waals surface area contributed by atoms with E-state index in [1.807, 2.05) is 60.8 Å². The first-order valence-electron chi connectivity index (χ1n) is 8.66. The minimum absolute atomic E-state index is 0.128. The maximum Gasteiger partial charge on any atom is 0.273 e. The highest BCUT2D eigenvalue weighted by Crippen LogP contribution is 2.26. The molecule has 4 rings (SSSR count). The Hall–Kier alpha value is -2.96. The second-order valence-corrected chi connectivity index (χ2v) is 7.63. The number of para-hydroxylation sites is 1. The van der Waals surface area contributed by atoms with E-state index in [1.54, 1.807) is 28.2 Å². The number of carbonyl (C=O) groups excluding carboxylic acids is 1. The number of benzene rings is 2. The van der Waals surface area contributed by atoms with Crippen LogP contribution in [-0.4, -0.2) is 32.6 Å². The smallest absolute Gasteiger partial charge is 0.273 e. The number of rotatable bonds is 5. The molecule has 2 aromatic heterocycles. The molecule has 0 unspecified atom stereocenters. The van der Waals surface area contributed by atoms with Crippen LogP contribution in [0.15, 0.2) is 72.4 Å². The summed E-state index contributed by atoms with van der Waals surface area (Å²) in [7, 11) is 1.76. The van der Waals surface area contributed by atoms with Crippen molar-refractivity contribution >= 4 is 28.8 Å². The third kappa shape index (κ3) is 3.98. The normalized spacial score (nSPS) is 10.8. The van der Waals surface area contributed by atoms with Crippen molar-refractivity contribution in [3.05, 3.63) is 88.7 Å². The summed E-state index contributed by atoms with van der Waals surface area (Å²) in [5.41, 5.74) is 3.26. The lowest BCUT2D eigenvalue weighted by atomic mass is 10.2. The molecule has 0 aliphatic heterocycles. The SMILES string of the molecule is CN(Cc1cnn(-c2ccccc2)c1)C(=O)c1csc(-c2cccc(Cl)c2)n1. The Balaban J connectivity index is 1.46. The van der Waals surface area contributed by atoms with Crippen LogP contribution >= 0.6 is 22.9 Å². The Morgan fingerprint density at radius 1 is 1.18 bits per heavy atom. The van der Waals surface area contributed by atoms with Gasteiger partial charge in [0.1, 0.15) is 10.7 Å². The molecular formula is C21H17ClN4OS. The molecule has 0 N–H and O–H groups in total. The molecule has 0 atom stereocenters. The minimum Gasteiger partial charge on any atom is -0.336 e. The van der Waals surface area contributed by atoms with Gasteiger partial charge in [0.25, 0.3) is 5.91 Å². The Bertz CT molecular complexity index is 1110. The number of halogens is 1. The van der Waals surface area contributed by atoms with Gasteiger partial charge in [-0.25, -0.2) is 9.67 Å². The molecular weight excluding hydrogens is 392 g/mol. The Morgan fingerprint density at radius 3 is 2.79 bits per heavy atom. The summed E-state index contributed by atoms with van der Waals surface area (Å²) in [4.78, 5) is 18.9. The lowest BCUT2D eigenvalue weighted by Crippen LogP contribution is -2.26. The van der Waals surface area contributed by atoms with E-state index in [-0.39, 0.29) is 5.91 Å².